The maximum atomic E-state index is 13.6. The van der Waals surface area contributed by atoms with Gasteiger partial charge in [0.25, 0.3) is 0 Å². The molecule has 2 N–H and O–H groups in total. The molecule has 0 aliphatic heterocycles. The molecule has 1 aromatic heterocycles. The lowest BCUT2D eigenvalue weighted by atomic mass is 9.90. The van der Waals surface area contributed by atoms with E-state index in [1.165, 1.54) is 31.7 Å². The van der Waals surface area contributed by atoms with Gasteiger partial charge in [0.1, 0.15) is 11.6 Å². The van der Waals surface area contributed by atoms with Crippen molar-refractivity contribution in [1.82, 2.24) is 9.55 Å². The number of hydrogen-bond acceptors (Lipinski definition) is 2. The summed E-state index contributed by atoms with van der Waals surface area (Å²) in [6, 6.07) is 5.36. The third-order valence-corrected chi connectivity index (χ3v) is 5.00. The fourth-order valence-corrected chi connectivity index (χ4v) is 3.70. The number of fused-ring (bicyclic) bond motifs is 1. The van der Waals surface area contributed by atoms with Crippen LogP contribution in [0, 0.1) is 5.82 Å². The predicted molar refractivity (Wildman–Crippen MR) is 81.5 cm³/mol. The van der Waals surface area contributed by atoms with Gasteiger partial charge in [0.05, 0.1) is 16.6 Å². The zero-order valence-electron chi connectivity index (χ0n) is 12.3. The van der Waals surface area contributed by atoms with Crippen LogP contribution < -0.4 is 5.73 Å². The van der Waals surface area contributed by atoms with Crippen molar-refractivity contribution < 1.29 is 4.39 Å². The van der Waals surface area contributed by atoms with Gasteiger partial charge in [-0.25, -0.2) is 9.37 Å². The van der Waals surface area contributed by atoms with Gasteiger partial charge < -0.3 is 10.3 Å². The Morgan fingerprint density at radius 3 is 2.52 bits per heavy atom. The Labute approximate surface area is 124 Å². The first-order valence-electron chi connectivity index (χ1n) is 8.14. The second kappa shape index (κ2) is 4.80. The second-order valence-electron chi connectivity index (χ2n) is 6.74. The predicted octanol–water partition coefficient (Wildman–Crippen LogP) is 4.02. The van der Waals surface area contributed by atoms with E-state index in [0.29, 0.717) is 6.04 Å². The number of benzene rings is 1. The lowest BCUT2D eigenvalue weighted by molar-refractivity contribution is 0.349. The molecule has 2 fully saturated rings. The zero-order valence-corrected chi connectivity index (χ0v) is 12.3. The standard InChI is InChI=1S/C17H22FN3/c18-12-5-8-14-15(11-12)21(13-6-7-13)16(20-14)17(19)9-3-1-2-4-10-17/h5,8,11,13H,1-4,6-7,9-10,19H2. The van der Waals surface area contributed by atoms with E-state index >= 15 is 0 Å². The van der Waals surface area contributed by atoms with Crippen LogP contribution in [0.5, 0.6) is 0 Å². The van der Waals surface area contributed by atoms with Crippen molar-refractivity contribution in [3.63, 3.8) is 0 Å². The van der Waals surface area contributed by atoms with E-state index in [2.05, 4.69) is 4.57 Å². The van der Waals surface area contributed by atoms with Crippen molar-refractivity contribution in [3.05, 3.63) is 29.8 Å². The zero-order chi connectivity index (χ0) is 14.4. The van der Waals surface area contributed by atoms with E-state index < -0.39 is 0 Å². The lowest BCUT2D eigenvalue weighted by Gasteiger charge is -2.28. The number of imidazole rings is 1. The molecule has 0 bridgehead atoms. The lowest BCUT2D eigenvalue weighted by Crippen LogP contribution is -2.39. The summed E-state index contributed by atoms with van der Waals surface area (Å²) in [6.07, 6.45) is 9.15. The average molecular weight is 287 g/mol. The fraction of sp³-hybridized carbons (Fsp3) is 0.588. The molecule has 2 aromatic rings. The molecule has 21 heavy (non-hydrogen) atoms. The van der Waals surface area contributed by atoms with Gasteiger partial charge in [-0.2, -0.15) is 0 Å². The van der Waals surface area contributed by atoms with Gasteiger partial charge in [-0.3, -0.25) is 0 Å². The molecule has 3 nitrogen and oxygen atoms in total. The molecule has 2 saturated carbocycles. The van der Waals surface area contributed by atoms with Gasteiger partial charge in [-0.15, -0.1) is 0 Å². The quantitative estimate of drug-likeness (QED) is 0.848. The highest BCUT2D eigenvalue weighted by molar-refractivity contribution is 5.76. The molecular formula is C17H22FN3. The number of aromatic nitrogens is 2. The molecule has 0 amide bonds. The van der Waals surface area contributed by atoms with E-state index in [1.54, 1.807) is 12.1 Å². The van der Waals surface area contributed by atoms with E-state index in [9.17, 15) is 4.39 Å². The molecule has 0 spiro atoms. The third kappa shape index (κ3) is 2.26. The minimum Gasteiger partial charge on any atom is -0.323 e. The Hall–Kier alpha value is -1.42. The smallest absolute Gasteiger partial charge is 0.130 e. The Kier molecular flexibility index (Phi) is 3.03. The second-order valence-corrected chi connectivity index (χ2v) is 6.74. The minimum atomic E-state index is -0.339. The maximum Gasteiger partial charge on any atom is 0.130 e. The molecule has 4 rings (SSSR count). The van der Waals surface area contributed by atoms with Crippen LogP contribution in [0.3, 0.4) is 0 Å². The Morgan fingerprint density at radius 1 is 1.14 bits per heavy atom. The van der Waals surface area contributed by atoms with E-state index in [4.69, 9.17) is 10.7 Å². The van der Waals surface area contributed by atoms with Gasteiger partial charge >= 0.3 is 0 Å². The summed E-state index contributed by atoms with van der Waals surface area (Å²) in [6.45, 7) is 0. The van der Waals surface area contributed by atoms with Gasteiger partial charge in [-0.05, 0) is 43.9 Å². The monoisotopic (exact) mass is 287 g/mol. The topological polar surface area (TPSA) is 43.8 Å². The van der Waals surface area contributed by atoms with E-state index in [-0.39, 0.29) is 11.4 Å². The SMILES string of the molecule is NC1(c2nc3ccc(F)cc3n2C2CC2)CCCCCC1. The summed E-state index contributed by atoms with van der Waals surface area (Å²) in [7, 11) is 0. The van der Waals surface area contributed by atoms with Crippen molar-refractivity contribution in [3.8, 4) is 0 Å². The van der Waals surface area contributed by atoms with Crippen LogP contribution in [0.1, 0.15) is 63.2 Å². The average Bonchev–Trinajstić information content (AvgIpc) is 3.25. The van der Waals surface area contributed by atoms with Gasteiger partial charge in [-0.1, -0.05) is 25.7 Å². The molecule has 4 heteroatoms. The van der Waals surface area contributed by atoms with Crippen LogP contribution >= 0.6 is 0 Å². The molecule has 0 radical (unpaired) electrons. The van der Waals surface area contributed by atoms with Crippen molar-refractivity contribution in [2.24, 2.45) is 5.73 Å². The Bertz CT molecular complexity index is 664. The highest BCUT2D eigenvalue weighted by Gasteiger charge is 2.38. The highest BCUT2D eigenvalue weighted by atomic mass is 19.1. The number of rotatable bonds is 2. The summed E-state index contributed by atoms with van der Waals surface area (Å²) >= 11 is 0. The Morgan fingerprint density at radius 2 is 1.86 bits per heavy atom. The minimum absolute atomic E-state index is 0.192. The molecule has 1 aromatic carbocycles. The van der Waals surface area contributed by atoms with Crippen LogP contribution in [0.4, 0.5) is 4.39 Å². The fourth-order valence-electron chi connectivity index (χ4n) is 3.70. The van der Waals surface area contributed by atoms with Gasteiger partial charge in [0, 0.05) is 6.04 Å². The van der Waals surface area contributed by atoms with Crippen LogP contribution in [-0.4, -0.2) is 9.55 Å². The number of nitrogens with two attached hydrogens (primary N) is 1. The van der Waals surface area contributed by atoms with Crippen molar-refractivity contribution in [2.45, 2.75) is 62.9 Å². The summed E-state index contributed by atoms with van der Waals surface area (Å²) < 4.78 is 15.9. The third-order valence-electron chi connectivity index (χ3n) is 5.00. The molecule has 112 valence electrons. The summed E-state index contributed by atoms with van der Waals surface area (Å²) in [4.78, 5) is 4.82. The molecular weight excluding hydrogens is 265 g/mol. The first-order chi connectivity index (χ1) is 10.2. The van der Waals surface area contributed by atoms with Gasteiger partial charge in [0.15, 0.2) is 0 Å². The molecule has 0 atom stereocenters. The summed E-state index contributed by atoms with van der Waals surface area (Å²) in [5.74, 6) is 0.801. The van der Waals surface area contributed by atoms with Crippen molar-refractivity contribution in [2.75, 3.05) is 0 Å². The highest BCUT2D eigenvalue weighted by Crippen LogP contribution is 2.43. The molecule has 2 aliphatic carbocycles. The summed E-state index contributed by atoms with van der Waals surface area (Å²) in [5, 5.41) is 0. The molecule has 0 unspecified atom stereocenters. The normalized spacial score (nSPS) is 22.4. The molecule has 1 heterocycles. The van der Waals surface area contributed by atoms with Crippen molar-refractivity contribution in [1.29, 1.82) is 0 Å². The van der Waals surface area contributed by atoms with Crippen LogP contribution in [0.25, 0.3) is 11.0 Å². The van der Waals surface area contributed by atoms with E-state index in [0.717, 1.165) is 42.5 Å². The first kappa shape index (κ1) is 13.3. The number of hydrogen-bond donors (Lipinski definition) is 1. The number of nitrogens with zero attached hydrogens (tertiary/aromatic N) is 2. The molecule has 0 saturated heterocycles. The Balaban J connectivity index is 1.89. The van der Waals surface area contributed by atoms with E-state index in [1.807, 2.05) is 0 Å². The largest absolute Gasteiger partial charge is 0.323 e. The van der Waals surface area contributed by atoms with Crippen LogP contribution in [0.15, 0.2) is 18.2 Å². The molecule has 2 aliphatic rings. The number of halogens is 1. The van der Waals surface area contributed by atoms with Crippen LogP contribution in [0.2, 0.25) is 0 Å². The van der Waals surface area contributed by atoms with Gasteiger partial charge in [0.2, 0.25) is 0 Å². The maximum absolute atomic E-state index is 13.6. The van der Waals surface area contributed by atoms with Crippen molar-refractivity contribution >= 4 is 11.0 Å². The first-order valence-corrected chi connectivity index (χ1v) is 8.14. The van der Waals surface area contributed by atoms with Crippen LogP contribution in [-0.2, 0) is 5.54 Å². The summed E-state index contributed by atoms with van der Waals surface area (Å²) in [5.41, 5.74) is 8.23.